The van der Waals surface area contributed by atoms with Crippen LogP contribution in [0.25, 0.3) is 11.1 Å². The van der Waals surface area contributed by atoms with E-state index in [1.165, 1.54) is 11.8 Å². The number of nitrogens with zero attached hydrogens (tertiary/aromatic N) is 2. The number of halogens is 1. The summed E-state index contributed by atoms with van der Waals surface area (Å²) in [5, 5.41) is 20.7. The first kappa shape index (κ1) is 23.4. The molecule has 0 saturated carbocycles. The fourth-order valence-electron chi connectivity index (χ4n) is 4.23. The van der Waals surface area contributed by atoms with E-state index in [1.54, 1.807) is 47.5 Å². The molecular formula is C28H23ClN2O3S. The topological polar surface area (TPSA) is 73.7 Å². The minimum absolute atomic E-state index is 0.00879. The van der Waals surface area contributed by atoms with E-state index >= 15 is 0 Å². The number of phenolic OH excluding ortho intramolecular Hbond substituents is 1. The molecule has 2 N–H and O–H groups in total. The van der Waals surface area contributed by atoms with Gasteiger partial charge in [0.1, 0.15) is 11.0 Å². The molecule has 5 rings (SSSR count). The summed E-state index contributed by atoms with van der Waals surface area (Å²) in [6.45, 7) is 0. The number of rotatable bonds is 7. The largest absolute Gasteiger partial charge is 0.508 e. The standard InChI is InChI=1S/C28H23ClN2O3S/c29-22-9-3-19(4-10-22)25(33)17-35-27-26(20-7-13-24(32)14-8-20)31(28(27)34)23-11-5-18(6-12-23)21-2-1-15-30-16-21/h1-16,25-27,32-33H,17H2/t25-,26+,27+/m0/s1. The van der Waals surface area contributed by atoms with Crippen LogP contribution in [0.4, 0.5) is 5.69 Å². The Morgan fingerprint density at radius 2 is 1.66 bits per heavy atom. The molecule has 1 aliphatic rings. The van der Waals surface area contributed by atoms with Crippen LogP contribution in [0.15, 0.2) is 97.3 Å². The summed E-state index contributed by atoms with van der Waals surface area (Å²) in [6, 6.07) is 25.5. The minimum Gasteiger partial charge on any atom is -0.508 e. The van der Waals surface area contributed by atoms with Gasteiger partial charge in [0, 0.05) is 28.9 Å². The Balaban J connectivity index is 1.37. The number of β-lactam (4-membered cyclic amide) rings is 1. The lowest BCUT2D eigenvalue weighted by molar-refractivity contribution is -0.123. The van der Waals surface area contributed by atoms with Crippen molar-refractivity contribution in [3.63, 3.8) is 0 Å². The van der Waals surface area contributed by atoms with E-state index in [9.17, 15) is 15.0 Å². The van der Waals surface area contributed by atoms with Crippen LogP contribution < -0.4 is 4.90 Å². The summed E-state index contributed by atoms with van der Waals surface area (Å²) in [7, 11) is 0. The Kier molecular flexibility index (Phi) is 6.77. The number of thioether (sulfide) groups is 1. The molecule has 1 aliphatic heterocycles. The van der Waals surface area contributed by atoms with Crippen molar-refractivity contribution in [2.75, 3.05) is 10.7 Å². The molecule has 0 bridgehead atoms. The summed E-state index contributed by atoms with van der Waals surface area (Å²) >= 11 is 7.39. The van der Waals surface area contributed by atoms with Crippen LogP contribution >= 0.6 is 23.4 Å². The molecule has 1 aromatic heterocycles. The van der Waals surface area contributed by atoms with Crippen LogP contribution in [0.2, 0.25) is 5.02 Å². The third-order valence-corrected chi connectivity index (χ3v) is 7.69. The number of pyridine rings is 1. The zero-order chi connectivity index (χ0) is 24.4. The highest BCUT2D eigenvalue weighted by molar-refractivity contribution is 8.00. The second kappa shape index (κ2) is 10.1. The molecule has 1 amide bonds. The van der Waals surface area contributed by atoms with E-state index in [0.717, 1.165) is 27.9 Å². The molecule has 0 spiro atoms. The number of amides is 1. The molecule has 1 fully saturated rings. The van der Waals surface area contributed by atoms with Crippen molar-refractivity contribution in [2.24, 2.45) is 0 Å². The SMILES string of the molecule is O=C1[C@H](SC[C@H](O)c2ccc(Cl)cc2)[C@@H](c2ccc(O)cc2)N1c1ccc(-c2cccnc2)cc1. The van der Waals surface area contributed by atoms with Gasteiger partial charge in [-0.05, 0) is 64.7 Å². The average Bonchev–Trinajstić information content (AvgIpc) is 2.89. The first-order valence-corrected chi connectivity index (χ1v) is 12.6. The third kappa shape index (κ3) is 4.91. The summed E-state index contributed by atoms with van der Waals surface area (Å²) in [5.41, 5.74) is 4.52. The number of aliphatic hydroxyl groups excluding tert-OH is 1. The van der Waals surface area contributed by atoms with Crippen molar-refractivity contribution in [1.29, 1.82) is 0 Å². The molecule has 3 atom stereocenters. The Morgan fingerprint density at radius 1 is 0.943 bits per heavy atom. The number of carbonyl (C=O) groups is 1. The average molecular weight is 503 g/mol. The fourth-order valence-corrected chi connectivity index (χ4v) is 5.66. The van der Waals surface area contributed by atoms with Crippen LogP contribution in [-0.4, -0.2) is 32.1 Å². The normalized spacial score (nSPS) is 18.2. The van der Waals surface area contributed by atoms with Gasteiger partial charge in [-0.15, -0.1) is 11.8 Å². The molecule has 176 valence electrons. The van der Waals surface area contributed by atoms with Gasteiger partial charge in [-0.25, -0.2) is 0 Å². The summed E-state index contributed by atoms with van der Waals surface area (Å²) in [5.74, 6) is 0.542. The smallest absolute Gasteiger partial charge is 0.243 e. The summed E-state index contributed by atoms with van der Waals surface area (Å²) in [6.07, 6.45) is 2.83. The lowest BCUT2D eigenvalue weighted by Crippen LogP contribution is -2.57. The van der Waals surface area contributed by atoms with Crippen molar-refractivity contribution >= 4 is 35.0 Å². The number of hydrogen-bond acceptors (Lipinski definition) is 5. The van der Waals surface area contributed by atoms with Gasteiger partial charge in [0.25, 0.3) is 0 Å². The molecule has 2 heterocycles. The molecular weight excluding hydrogens is 480 g/mol. The molecule has 0 unspecified atom stereocenters. The second-order valence-corrected chi connectivity index (χ2v) is 9.97. The Hall–Kier alpha value is -3.32. The van der Waals surface area contributed by atoms with E-state index < -0.39 is 6.10 Å². The maximum Gasteiger partial charge on any atom is 0.243 e. The number of aliphatic hydroxyl groups is 1. The number of aromatic hydroxyl groups is 1. The van der Waals surface area contributed by atoms with Crippen molar-refractivity contribution in [1.82, 2.24) is 4.98 Å². The summed E-state index contributed by atoms with van der Waals surface area (Å²) < 4.78 is 0. The zero-order valence-corrected chi connectivity index (χ0v) is 20.2. The number of hydrogen-bond donors (Lipinski definition) is 2. The van der Waals surface area contributed by atoms with Gasteiger partial charge in [0.15, 0.2) is 0 Å². The molecule has 0 aliphatic carbocycles. The van der Waals surface area contributed by atoms with Crippen LogP contribution in [-0.2, 0) is 4.79 Å². The first-order chi connectivity index (χ1) is 17.0. The molecule has 0 radical (unpaired) electrons. The number of phenols is 1. The molecule has 5 nitrogen and oxygen atoms in total. The highest BCUT2D eigenvalue weighted by Crippen LogP contribution is 2.46. The van der Waals surface area contributed by atoms with E-state index in [2.05, 4.69) is 4.98 Å². The van der Waals surface area contributed by atoms with Gasteiger partial charge in [-0.3, -0.25) is 9.78 Å². The van der Waals surface area contributed by atoms with E-state index in [0.29, 0.717) is 10.8 Å². The van der Waals surface area contributed by atoms with E-state index in [1.807, 2.05) is 54.7 Å². The fraction of sp³-hybridized carbons (Fsp3) is 0.143. The molecule has 7 heteroatoms. The number of anilines is 1. The van der Waals surface area contributed by atoms with Gasteiger partial charge in [0.05, 0.1) is 12.1 Å². The number of aromatic nitrogens is 1. The zero-order valence-electron chi connectivity index (χ0n) is 18.7. The molecule has 1 saturated heterocycles. The van der Waals surface area contributed by atoms with Crippen LogP contribution in [0.1, 0.15) is 23.3 Å². The Morgan fingerprint density at radius 3 is 2.31 bits per heavy atom. The number of benzene rings is 3. The monoisotopic (exact) mass is 502 g/mol. The highest BCUT2D eigenvalue weighted by atomic mass is 35.5. The Bertz CT molecular complexity index is 1300. The van der Waals surface area contributed by atoms with Crippen molar-refractivity contribution in [3.05, 3.63) is 113 Å². The Labute approximate surface area is 213 Å². The number of carbonyl (C=O) groups excluding carboxylic acids is 1. The minimum atomic E-state index is -0.710. The van der Waals surface area contributed by atoms with Gasteiger partial charge < -0.3 is 15.1 Å². The van der Waals surface area contributed by atoms with Crippen LogP contribution in [0.3, 0.4) is 0 Å². The second-order valence-electron chi connectivity index (χ2n) is 8.35. The van der Waals surface area contributed by atoms with Crippen molar-refractivity contribution < 1.29 is 15.0 Å². The first-order valence-electron chi connectivity index (χ1n) is 11.2. The molecule has 3 aromatic carbocycles. The van der Waals surface area contributed by atoms with Crippen molar-refractivity contribution in [3.8, 4) is 16.9 Å². The lowest BCUT2D eigenvalue weighted by atomic mass is 9.92. The van der Waals surface area contributed by atoms with Crippen molar-refractivity contribution in [2.45, 2.75) is 17.4 Å². The maximum atomic E-state index is 13.3. The van der Waals surface area contributed by atoms with E-state index in [4.69, 9.17) is 11.6 Å². The van der Waals surface area contributed by atoms with Gasteiger partial charge >= 0.3 is 0 Å². The van der Waals surface area contributed by atoms with Gasteiger partial charge in [-0.2, -0.15) is 0 Å². The van der Waals surface area contributed by atoms with Crippen LogP contribution in [0, 0.1) is 0 Å². The van der Waals surface area contributed by atoms with Gasteiger partial charge in [0.2, 0.25) is 5.91 Å². The van der Waals surface area contributed by atoms with Crippen LogP contribution in [0.5, 0.6) is 5.75 Å². The predicted octanol–water partition coefficient (Wildman–Crippen LogP) is 6.03. The third-order valence-electron chi connectivity index (χ3n) is 6.11. The lowest BCUT2D eigenvalue weighted by Gasteiger charge is -2.47. The molecule has 4 aromatic rings. The predicted molar refractivity (Wildman–Crippen MR) is 141 cm³/mol. The highest BCUT2D eigenvalue weighted by Gasteiger charge is 2.49. The molecule has 35 heavy (non-hydrogen) atoms. The van der Waals surface area contributed by atoms with Gasteiger partial charge in [-0.1, -0.05) is 54.1 Å². The summed E-state index contributed by atoms with van der Waals surface area (Å²) in [4.78, 5) is 19.3. The van der Waals surface area contributed by atoms with E-state index in [-0.39, 0.29) is 22.9 Å². The maximum absolute atomic E-state index is 13.3. The quantitative estimate of drug-likeness (QED) is 0.302.